The van der Waals surface area contributed by atoms with Crippen molar-refractivity contribution >= 4 is 11.8 Å². The third-order valence-corrected chi connectivity index (χ3v) is 4.08. The zero-order valence-electron chi connectivity index (χ0n) is 13.7. The average Bonchev–Trinajstić information content (AvgIpc) is 2.64. The molecule has 0 radical (unpaired) electrons. The molecule has 0 unspecified atom stereocenters. The molecule has 3 rings (SSSR count). The van der Waals surface area contributed by atoms with Crippen LogP contribution in [0.2, 0.25) is 0 Å². The molecular formula is C19H19FN2O3. The Balaban J connectivity index is 1.67. The Morgan fingerprint density at radius 2 is 1.84 bits per heavy atom. The number of morpholine rings is 1. The number of nitrogens with zero attached hydrogens (tertiary/aromatic N) is 1. The van der Waals surface area contributed by atoms with Gasteiger partial charge in [0.15, 0.2) is 0 Å². The molecule has 0 spiro atoms. The molecule has 1 fully saturated rings. The minimum absolute atomic E-state index is 0.0519. The average molecular weight is 342 g/mol. The van der Waals surface area contributed by atoms with E-state index in [-0.39, 0.29) is 37.4 Å². The number of ether oxygens (including phenoxy) is 1. The van der Waals surface area contributed by atoms with Crippen LogP contribution in [-0.2, 0) is 27.4 Å². The minimum atomic E-state index is -0.699. The molecule has 1 aliphatic rings. The largest absolute Gasteiger partial charge is 0.369 e. The first-order chi connectivity index (χ1) is 12.1. The van der Waals surface area contributed by atoms with E-state index in [1.165, 1.54) is 17.0 Å². The Bertz CT molecular complexity index is 734. The van der Waals surface area contributed by atoms with E-state index in [4.69, 9.17) is 4.74 Å². The SMILES string of the molecule is O=C(NCc1ccccc1)[C@@H]1COCC(=O)N1Cc1ccc(F)cc1. The molecule has 130 valence electrons. The van der Waals surface area contributed by atoms with E-state index in [0.717, 1.165) is 11.1 Å². The molecule has 0 saturated carbocycles. The Hall–Kier alpha value is -2.73. The van der Waals surface area contributed by atoms with Gasteiger partial charge in [0.25, 0.3) is 0 Å². The number of nitrogens with one attached hydrogen (secondary N) is 1. The number of hydrogen-bond acceptors (Lipinski definition) is 3. The van der Waals surface area contributed by atoms with Gasteiger partial charge in [-0.15, -0.1) is 0 Å². The summed E-state index contributed by atoms with van der Waals surface area (Å²) in [5.41, 5.74) is 1.74. The summed E-state index contributed by atoms with van der Waals surface area (Å²) in [6.45, 7) is 0.720. The maximum Gasteiger partial charge on any atom is 0.249 e. The lowest BCUT2D eigenvalue weighted by molar-refractivity contribution is -0.155. The predicted octanol–water partition coefficient (Wildman–Crippen LogP) is 1.87. The normalized spacial score (nSPS) is 17.4. The Morgan fingerprint density at radius 1 is 1.12 bits per heavy atom. The van der Waals surface area contributed by atoms with Gasteiger partial charge in [-0.2, -0.15) is 0 Å². The maximum absolute atomic E-state index is 13.0. The number of benzene rings is 2. The van der Waals surface area contributed by atoms with Crippen LogP contribution in [0.3, 0.4) is 0 Å². The summed E-state index contributed by atoms with van der Waals surface area (Å²) in [5, 5.41) is 2.84. The predicted molar refractivity (Wildman–Crippen MR) is 89.8 cm³/mol. The molecule has 2 aromatic rings. The molecule has 1 saturated heterocycles. The lowest BCUT2D eigenvalue weighted by Crippen LogP contribution is -2.55. The van der Waals surface area contributed by atoms with E-state index in [0.29, 0.717) is 6.54 Å². The van der Waals surface area contributed by atoms with Gasteiger partial charge in [0.1, 0.15) is 18.5 Å². The van der Waals surface area contributed by atoms with Crippen molar-refractivity contribution in [2.24, 2.45) is 0 Å². The molecule has 6 heteroatoms. The first-order valence-corrected chi connectivity index (χ1v) is 8.07. The van der Waals surface area contributed by atoms with Gasteiger partial charge < -0.3 is 15.0 Å². The number of hydrogen-bond donors (Lipinski definition) is 1. The van der Waals surface area contributed by atoms with Gasteiger partial charge in [0.2, 0.25) is 11.8 Å². The van der Waals surface area contributed by atoms with Gasteiger partial charge in [-0.05, 0) is 23.3 Å². The minimum Gasteiger partial charge on any atom is -0.369 e. The van der Waals surface area contributed by atoms with Crippen LogP contribution in [0.1, 0.15) is 11.1 Å². The highest BCUT2D eigenvalue weighted by Gasteiger charge is 2.33. The van der Waals surface area contributed by atoms with E-state index in [2.05, 4.69) is 5.32 Å². The van der Waals surface area contributed by atoms with Crippen molar-refractivity contribution in [1.29, 1.82) is 0 Å². The zero-order chi connectivity index (χ0) is 17.6. The fourth-order valence-electron chi connectivity index (χ4n) is 2.71. The van der Waals surface area contributed by atoms with Crippen LogP contribution in [0.15, 0.2) is 54.6 Å². The molecule has 1 heterocycles. The van der Waals surface area contributed by atoms with E-state index >= 15 is 0 Å². The summed E-state index contributed by atoms with van der Waals surface area (Å²) in [6, 6.07) is 14.7. The number of rotatable bonds is 5. The fourth-order valence-corrected chi connectivity index (χ4v) is 2.71. The van der Waals surface area contributed by atoms with Crippen LogP contribution in [0, 0.1) is 5.82 Å². The van der Waals surface area contributed by atoms with Gasteiger partial charge in [0, 0.05) is 13.1 Å². The molecule has 2 aromatic carbocycles. The molecular weight excluding hydrogens is 323 g/mol. The highest BCUT2D eigenvalue weighted by molar-refractivity contribution is 5.89. The second kappa shape index (κ2) is 7.90. The lowest BCUT2D eigenvalue weighted by Gasteiger charge is -2.34. The van der Waals surface area contributed by atoms with Crippen molar-refractivity contribution in [3.63, 3.8) is 0 Å². The second-order valence-corrected chi connectivity index (χ2v) is 5.88. The van der Waals surface area contributed by atoms with E-state index in [1.54, 1.807) is 12.1 Å². The smallest absolute Gasteiger partial charge is 0.249 e. The van der Waals surface area contributed by atoms with Crippen LogP contribution in [0.4, 0.5) is 4.39 Å². The van der Waals surface area contributed by atoms with Gasteiger partial charge in [-0.1, -0.05) is 42.5 Å². The molecule has 1 aliphatic heterocycles. The number of amides is 2. The standard InChI is InChI=1S/C19H19FN2O3/c20-16-8-6-15(7-9-16)11-22-17(12-25-13-18(22)23)19(24)21-10-14-4-2-1-3-5-14/h1-9,17H,10-13H2,(H,21,24)/t17-/m0/s1. The highest BCUT2D eigenvalue weighted by atomic mass is 19.1. The summed E-state index contributed by atoms with van der Waals surface area (Å²) in [5.74, 6) is -0.858. The first-order valence-electron chi connectivity index (χ1n) is 8.07. The molecule has 0 bridgehead atoms. The van der Waals surface area contributed by atoms with Gasteiger partial charge in [-0.3, -0.25) is 9.59 Å². The molecule has 0 aliphatic carbocycles. The first kappa shape index (κ1) is 17.1. The quantitative estimate of drug-likeness (QED) is 0.902. The van der Waals surface area contributed by atoms with Crippen LogP contribution in [0.25, 0.3) is 0 Å². The lowest BCUT2D eigenvalue weighted by atomic mass is 10.1. The van der Waals surface area contributed by atoms with Gasteiger partial charge in [0.05, 0.1) is 6.61 Å². The second-order valence-electron chi connectivity index (χ2n) is 5.88. The van der Waals surface area contributed by atoms with Crippen molar-refractivity contribution in [1.82, 2.24) is 10.2 Å². The maximum atomic E-state index is 13.0. The summed E-state index contributed by atoms with van der Waals surface area (Å²) in [6.07, 6.45) is 0. The van der Waals surface area contributed by atoms with Crippen molar-refractivity contribution < 1.29 is 18.7 Å². The number of carbonyl (C=O) groups is 2. The highest BCUT2D eigenvalue weighted by Crippen LogP contribution is 2.14. The molecule has 0 aromatic heterocycles. The van der Waals surface area contributed by atoms with Crippen LogP contribution in [0.5, 0.6) is 0 Å². The van der Waals surface area contributed by atoms with Gasteiger partial charge >= 0.3 is 0 Å². The molecule has 1 N–H and O–H groups in total. The molecule has 5 nitrogen and oxygen atoms in total. The molecule has 2 amide bonds. The van der Waals surface area contributed by atoms with Crippen molar-refractivity contribution in [3.8, 4) is 0 Å². The summed E-state index contributed by atoms with van der Waals surface area (Å²) >= 11 is 0. The monoisotopic (exact) mass is 342 g/mol. The Kier molecular flexibility index (Phi) is 5.40. The molecule has 25 heavy (non-hydrogen) atoms. The summed E-state index contributed by atoms with van der Waals surface area (Å²) in [4.78, 5) is 26.2. The van der Waals surface area contributed by atoms with Crippen molar-refractivity contribution in [2.45, 2.75) is 19.1 Å². The zero-order valence-corrected chi connectivity index (χ0v) is 13.7. The third-order valence-electron chi connectivity index (χ3n) is 4.08. The fraction of sp³-hybridized carbons (Fsp3) is 0.263. The summed E-state index contributed by atoms with van der Waals surface area (Å²) in [7, 11) is 0. The topological polar surface area (TPSA) is 58.6 Å². The van der Waals surface area contributed by atoms with E-state index in [1.807, 2.05) is 30.3 Å². The molecule has 1 atom stereocenters. The van der Waals surface area contributed by atoms with Gasteiger partial charge in [-0.25, -0.2) is 4.39 Å². The Morgan fingerprint density at radius 3 is 2.56 bits per heavy atom. The van der Waals surface area contributed by atoms with E-state index in [9.17, 15) is 14.0 Å². The number of carbonyl (C=O) groups excluding carboxylic acids is 2. The summed E-state index contributed by atoms with van der Waals surface area (Å²) < 4.78 is 18.3. The van der Waals surface area contributed by atoms with E-state index < -0.39 is 6.04 Å². The number of halogens is 1. The van der Waals surface area contributed by atoms with Crippen molar-refractivity contribution in [2.75, 3.05) is 13.2 Å². The van der Waals surface area contributed by atoms with Crippen molar-refractivity contribution in [3.05, 3.63) is 71.5 Å². The van der Waals surface area contributed by atoms with Crippen LogP contribution < -0.4 is 5.32 Å². The van der Waals surface area contributed by atoms with Crippen LogP contribution >= 0.6 is 0 Å². The Labute approximate surface area is 145 Å². The third kappa shape index (κ3) is 4.42. The van der Waals surface area contributed by atoms with Crippen LogP contribution in [-0.4, -0.2) is 36.0 Å².